The van der Waals surface area contributed by atoms with Crippen LogP contribution in [0.1, 0.15) is 37.9 Å². The van der Waals surface area contributed by atoms with Crippen molar-refractivity contribution in [3.63, 3.8) is 0 Å². The van der Waals surface area contributed by atoms with E-state index in [1.807, 2.05) is 39.8 Å². The van der Waals surface area contributed by atoms with Gasteiger partial charge in [0.15, 0.2) is 12.6 Å². The molecule has 2 heterocycles. The van der Waals surface area contributed by atoms with Crippen molar-refractivity contribution >= 4 is 6.02 Å². The highest BCUT2D eigenvalue weighted by Crippen LogP contribution is 2.43. The molecule has 1 aromatic carbocycles. The van der Waals surface area contributed by atoms with Gasteiger partial charge in [0, 0.05) is 23.5 Å². The van der Waals surface area contributed by atoms with Crippen molar-refractivity contribution < 1.29 is 18.3 Å². The fraction of sp³-hybridized carbons (Fsp3) is 0.400. The molecule has 27 heavy (non-hydrogen) atoms. The molecular formula is C20H23F2N3O2. The monoisotopic (exact) mass is 375 g/mol. The third-order valence-corrected chi connectivity index (χ3v) is 4.00. The Morgan fingerprint density at radius 1 is 1.19 bits per heavy atom. The third kappa shape index (κ3) is 4.35. The number of alkyl halides is 2. The van der Waals surface area contributed by atoms with Gasteiger partial charge in [-0.1, -0.05) is 6.07 Å². The van der Waals surface area contributed by atoms with Crippen molar-refractivity contribution in [1.82, 2.24) is 4.98 Å². The van der Waals surface area contributed by atoms with Crippen molar-refractivity contribution in [2.24, 2.45) is 10.7 Å². The van der Waals surface area contributed by atoms with Gasteiger partial charge in [-0.2, -0.15) is 0 Å². The Labute approximate surface area is 157 Å². The number of aliphatic imine (C=N–C) groups is 1. The second-order valence-corrected chi connectivity index (χ2v) is 7.64. The SMILES string of the molecule is Cc1cncc(-c2ccc(OC(C)(C)C)c(C3N=C(N)OCC3(F)F)c2)c1. The van der Waals surface area contributed by atoms with E-state index in [0.717, 1.165) is 16.7 Å². The van der Waals surface area contributed by atoms with E-state index >= 15 is 0 Å². The molecule has 5 nitrogen and oxygen atoms in total. The average molecular weight is 375 g/mol. The molecule has 0 fully saturated rings. The fourth-order valence-corrected chi connectivity index (χ4v) is 2.88. The van der Waals surface area contributed by atoms with Gasteiger partial charge in [0.1, 0.15) is 11.4 Å². The molecule has 144 valence electrons. The lowest BCUT2D eigenvalue weighted by Gasteiger charge is -2.31. The van der Waals surface area contributed by atoms with Gasteiger partial charge in [0.05, 0.1) is 0 Å². The molecule has 0 amide bonds. The number of hydrogen-bond acceptors (Lipinski definition) is 5. The summed E-state index contributed by atoms with van der Waals surface area (Å²) in [7, 11) is 0. The van der Waals surface area contributed by atoms with E-state index in [2.05, 4.69) is 9.98 Å². The smallest absolute Gasteiger partial charge is 0.307 e. The molecule has 0 saturated heterocycles. The molecule has 2 N–H and O–H groups in total. The zero-order valence-corrected chi connectivity index (χ0v) is 15.8. The van der Waals surface area contributed by atoms with E-state index in [0.29, 0.717) is 5.75 Å². The molecule has 0 radical (unpaired) electrons. The summed E-state index contributed by atoms with van der Waals surface area (Å²) >= 11 is 0. The number of nitrogens with zero attached hydrogens (tertiary/aromatic N) is 2. The molecule has 3 rings (SSSR count). The number of pyridine rings is 1. The minimum absolute atomic E-state index is 0.254. The largest absolute Gasteiger partial charge is 0.488 e. The lowest BCUT2D eigenvalue weighted by atomic mass is 9.95. The molecule has 1 aromatic heterocycles. The molecule has 7 heteroatoms. The number of halogens is 2. The second-order valence-electron chi connectivity index (χ2n) is 7.64. The van der Waals surface area contributed by atoms with E-state index < -0.39 is 24.2 Å². The molecule has 1 unspecified atom stereocenters. The van der Waals surface area contributed by atoms with Gasteiger partial charge in [0.2, 0.25) is 0 Å². The first-order valence-corrected chi connectivity index (χ1v) is 8.64. The van der Waals surface area contributed by atoms with Gasteiger partial charge in [-0.3, -0.25) is 4.98 Å². The Morgan fingerprint density at radius 3 is 2.59 bits per heavy atom. The Kier molecular flexibility index (Phi) is 4.80. The highest BCUT2D eigenvalue weighted by Gasteiger charge is 2.46. The lowest BCUT2D eigenvalue weighted by molar-refractivity contribution is -0.0789. The van der Waals surface area contributed by atoms with E-state index in [1.165, 1.54) is 0 Å². The molecule has 1 aliphatic rings. The lowest BCUT2D eigenvalue weighted by Crippen LogP contribution is -2.40. The zero-order chi connectivity index (χ0) is 19.8. The van der Waals surface area contributed by atoms with Crippen LogP contribution < -0.4 is 10.5 Å². The topological polar surface area (TPSA) is 69.7 Å². The highest BCUT2D eigenvalue weighted by molar-refractivity contribution is 5.73. The summed E-state index contributed by atoms with van der Waals surface area (Å²) in [5, 5.41) is 0. The zero-order valence-electron chi connectivity index (χ0n) is 15.8. The van der Waals surface area contributed by atoms with E-state index in [1.54, 1.807) is 24.5 Å². The van der Waals surface area contributed by atoms with Gasteiger partial charge < -0.3 is 15.2 Å². The van der Waals surface area contributed by atoms with Crippen LogP contribution in [0.3, 0.4) is 0 Å². The Bertz CT molecular complexity index is 876. The van der Waals surface area contributed by atoms with Crippen LogP contribution in [0.4, 0.5) is 8.78 Å². The van der Waals surface area contributed by atoms with Gasteiger partial charge >= 0.3 is 5.92 Å². The first-order chi connectivity index (χ1) is 12.5. The van der Waals surface area contributed by atoms with Crippen LogP contribution in [-0.4, -0.2) is 29.1 Å². The fourth-order valence-electron chi connectivity index (χ4n) is 2.88. The van der Waals surface area contributed by atoms with Gasteiger partial charge in [-0.05, 0) is 57.0 Å². The predicted molar refractivity (Wildman–Crippen MR) is 100 cm³/mol. The number of hydrogen-bond donors (Lipinski definition) is 1. The van der Waals surface area contributed by atoms with Crippen LogP contribution in [0.2, 0.25) is 0 Å². The van der Waals surface area contributed by atoms with Gasteiger partial charge in [0.25, 0.3) is 6.02 Å². The Morgan fingerprint density at radius 2 is 1.93 bits per heavy atom. The first kappa shape index (κ1) is 19.1. The predicted octanol–water partition coefficient (Wildman–Crippen LogP) is 4.26. The molecule has 1 atom stereocenters. The number of ether oxygens (including phenoxy) is 2. The highest BCUT2D eigenvalue weighted by atomic mass is 19.3. The average Bonchev–Trinajstić information content (AvgIpc) is 2.56. The number of aromatic nitrogens is 1. The molecule has 1 aliphatic heterocycles. The number of nitrogens with two attached hydrogens (primary N) is 1. The van der Waals surface area contributed by atoms with Crippen molar-refractivity contribution in [3.8, 4) is 16.9 Å². The van der Waals surface area contributed by atoms with Crippen LogP contribution in [0.15, 0.2) is 41.7 Å². The first-order valence-electron chi connectivity index (χ1n) is 8.64. The molecule has 0 aliphatic carbocycles. The van der Waals surface area contributed by atoms with E-state index in [4.69, 9.17) is 15.2 Å². The maximum atomic E-state index is 14.6. The molecule has 0 saturated carbocycles. The van der Waals surface area contributed by atoms with Crippen molar-refractivity contribution in [1.29, 1.82) is 0 Å². The van der Waals surface area contributed by atoms with Crippen LogP contribution in [0, 0.1) is 6.92 Å². The molecule has 2 aromatic rings. The summed E-state index contributed by atoms with van der Waals surface area (Å²) in [5.74, 6) is -2.86. The summed E-state index contributed by atoms with van der Waals surface area (Å²) in [6, 6.07) is 5.38. The molecule has 0 bridgehead atoms. The quantitative estimate of drug-likeness (QED) is 0.870. The van der Waals surface area contributed by atoms with E-state index in [-0.39, 0.29) is 11.6 Å². The number of benzene rings is 1. The van der Waals surface area contributed by atoms with Crippen molar-refractivity contribution in [2.45, 2.75) is 45.3 Å². The summed E-state index contributed by atoms with van der Waals surface area (Å²) < 4.78 is 39.8. The standard InChI is InChI=1S/C20H23F2N3O2/c1-12-7-14(10-24-9-12)13-5-6-16(27-19(2,3)4)15(8-13)17-20(21,22)11-26-18(23)25-17/h5-10,17H,11H2,1-4H3,(H2,23,25). The number of rotatable bonds is 3. The minimum atomic E-state index is -3.21. The van der Waals surface area contributed by atoms with Crippen LogP contribution >= 0.6 is 0 Å². The summed E-state index contributed by atoms with van der Waals surface area (Å²) in [6.45, 7) is 6.67. The van der Waals surface area contributed by atoms with Gasteiger partial charge in [-0.25, -0.2) is 13.8 Å². The van der Waals surface area contributed by atoms with Crippen LogP contribution in [0.5, 0.6) is 5.75 Å². The Balaban J connectivity index is 2.15. The van der Waals surface area contributed by atoms with Crippen molar-refractivity contribution in [2.75, 3.05) is 6.61 Å². The maximum absolute atomic E-state index is 14.6. The summed E-state index contributed by atoms with van der Waals surface area (Å²) in [4.78, 5) is 8.05. The van der Waals surface area contributed by atoms with Gasteiger partial charge in [-0.15, -0.1) is 0 Å². The second kappa shape index (κ2) is 6.79. The van der Waals surface area contributed by atoms with Crippen molar-refractivity contribution in [3.05, 3.63) is 47.8 Å². The summed E-state index contributed by atoms with van der Waals surface area (Å²) in [5.41, 5.74) is 7.83. The third-order valence-electron chi connectivity index (χ3n) is 4.00. The minimum Gasteiger partial charge on any atom is -0.488 e. The van der Waals surface area contributed by atoms with Crippen LogP contribution in [-0.2, 0) is 4.74 Å². The molecular weight excluding hydrogens is 352 g/mol. The normalized spacial score (nSPS) is 19.2. The van der Waals surface area contributed by atoms with E-state index in [9.17, 15) is 8.78 Å². The van der Waals surface area contributed by atoms with Crippen LogP contribution in [0.25, 0.3) is 11.1 Å². The number of aryl methyl sites for hydroxylation is 1. The number of amidine groups is 1. The molecule has 0 spiro atoms. The maximum Gasteiger partial charge on any atom is 0.307 e. The Hall–Kier alpha value is -2.70. The summed E-state index contributed by atoms with van der Waals surface area (Å²) in [6.07, 6.45) is 3.43.